The summed E-state index contributed by atoms with van der Waals surface area (Å²) >= 11 is 1.48. The summed E-state index contributed by atoms with van der Waals surface area (Å²) in [5.41, 5.74) is 3.35. The first-order valence-corrected chi connectivity index (χ1v) is 9.12. The van der Waals surface area contributed by atoms with Gasteiger partial charge in [0.15, 0.2) is 5.13 Å². The van der Waals surface area contributed by atoms with Crippen LogP contribution in [0.5, 0.6) is 5.75 Å². The van der Waals surface area contributed by atoms with Gasteiger partial charge in [-0.25, -0.2) is 10.4 Å². The van der Waals surface area contributed by atoms with E-state index >= 15 is 0 Å². The lowest BCUT2D eigenvalue weighted by molar-refractivity contribution is -0.120. The molecule has 1 aromatic heterocycles. The molecule has 3 rings (SSSR count). The Morgan fingerprint density at radius 3 is 2.96 bits per heavy atom. The van der Waals surface area contributed by atoms with E-state index in [1.165, 1.54) is 23.6 Å². The Labute approximate surface area is 158 Å². The molecule has 0 unspecified atom stereocenters. The number of nitrogens with zero attached hydrogens (tertiary/aromatic N) is 3. The first-order valence-electron chi connectivity index (χ1n) is 8.24. The van der Waals surface area contributed by atoms with Gasteiger partial charge >= 0.3 is 6.61 Å². The Morgan fingerprint density at radius 2 is 2.19 bits per heavy atom. The number of carbonyl (C=O) groups excluding carboxylic acids is 1. The van der Waals surface area contributed by atoms with E-state index < -0.39 is 6.61 Å². The molecule has 1 fully saturated rings. The van der Waals surface area contributed by atoms with Crippen LogP contribution in [0, 0.1) is 0 Å². The van der Waals surface area contributed by atoms with Crippen LogP contribution in [0.15, 0.2) is 34.7 Å². The molecule has 10 heteroatoms. The number of hydrogen-bond acceptors (Lipinski definition) is 7. The fraction of sp³-hybridized carbons (Fsp3) is 0.353. The Bertz CT molecular complexity index is 794. The fourth-order valence-electron chi connectivity index (χ4n) is 2.45. The standard InChI is InChI=1S/C17H18F2N4O3S/c18-16(19)26-14-4-2-1-3-12(14)10-20-22-15(24)9-13-11-27-17(21-13)23-5-7-25-8-6-23/h1-4,10-11,16H,5-9H2,(H,22,24)/b20-10-. The molecule has 0 saturated carbocycles. The molecule has 0 radical (unpaired) electrons. The zero-order chi connectivity index (χ0) is 19.1. The Hall–Kier alpha value is -2.59. The van der Waals surface area contributed by atoms with Crippen LogP contribution in [-0.2, 0) is 16.0 Å². The van der Waals surface area contributed by atoms with Crippen LogP contribution in [0.2, 0.25) is 0 Å². The second-order valence-corrected chi connectivity index (χ2v) is 6.44. The van der Waals surface area contributed by atoms with Crippen molar-refractivity contribution >= 4 is 28.6 Å². The second-order valence-electron chi connectivity index (χ2n) is 5.61. The first-order chi connectivity index (χ1) is 13.1. The summed E-state index contributed by atoms with van der Waals surface area (Å²) in [6, 6.07) is 6.19. The van der Waals surface area contributed by atoms with Crippen molar-refractivity contribution in [1.82, 2.24) is 10.4 Å². The molecule has 144 valence electrons. The summed E-state index contributed by atoms with van der Waals surface area (Å²) < 4.78 is 34.5. The molecule has 7 nitrogen and oxygen atoms in total. The molecular formula is C17H18F2N4O3S. The van der Waals surface area contributed by atoms with Crippen LogP contribution in [0.1, 0.15) is 11.3 Å². The van der Waals surface area contributed by atoms with Crippen molar-refractivity contribution in [3.8, 4) is 5.75 Å². The van der Waals surface area contributed by atoms with Crippen molar-refractivity contribution < 1.29 is 23.0 Å². The quantitative estimate of drug-likeness (QED) is 0.574. The number of alkyl halides is 2. The molecule has 0 spiro atoms. The molecule has 1 saturated heterocycles. The summed E-state index contributed by atoms with van der Waals surface area (Å²) in [4.78, 5) is 18.6. The smallest absolute Gasteiger partial charge is 0.387 e. The number of nitrogens with one attached hydrogen (secondary N) is 1. The number of morpholine rings is 1. The molecule has 0 bridgehead atoms. The number of rotatable bonds is 7. The molecule has 2 heterocycles. The minimum Gasteiger partial charge on any atom is -0.434 e. The minimum atomic E-state index is -2.93. The largest absolute Gasteiger partial charge is 0.434 e. The SMILES string of the molecule is O=C(Cc1csc(N2CCOCC2)n1)N/N=C\c1ccccc1OC(F)F. The van der Waals surface area contributed by atoms with Gasteiger partial charge in [0.05, 0.1) is 31.5 Å². The van der Waals surface area contributed by atoms with E-state index in [2.05, 4.69) is 25.1 Å². The lowest BCUT2D eigenvalue weighted by Gasteiger charge is -2.26. The molecule has 1 amide bonds. The number of ether oxygens (including phenoxy) is 2. The number of thiazole rings is 1. The molecule has 0 atom stereocenters. The molecule has 2 aromatic rings. The number of halogens is 2. The van der Waals surface area contributed by atoms with E-state index in [4.69, 9.17) is 4.74 Å². The third-order valence-corrected chi connectivity index (χ3v) is 4.64. The summed E-state index contributed by atoms with van der Waals surface area (Å²) in [7, 11) is 0. The van der Waals surface area contributed by atoms with Crippen molar-refractivity contribution in [2.45, 2.75) is 13.0 Å². The normalized spacial score (nSPS) is 14.7. The highest BCUT2D eigenvalue weighted by Gasteiger charge is 2.15. The molecule has 1 aliphatic rings. The number of benzene rings is 1. The van der Waals surface area contributed by atoms with Crippen LogP contribution in [-0.4, -0.2) is 50.0 Å². The van der Waals surface area contributed by atoms with Gasteiger partial charge in [-0.2, -0.15) is 13.9 Å². The molecule has 1 aromatic carbocycles. The number of para-hydroxylation sites is 1. The van der Waals surface area contributed by atoms with E-state index in [0.29, 0.717) is 24.5 Å². The molecule has 27 heavy (non-hydrogen) atoms. The third kappa shape index (κ3) is 5.69. The predicted molar refractivity (Wildman–Crippen MR) is 97.7 cm³/mol. The molecule has 0 aliphatic carbocycles. The summed E-state index contributed by atoms with van der Waals surface area (Å²) in [6.07, 6.45) is 1.34. The topological polar surface area (TPSA) is 76.1 Å². The predicted octanol–water partition coefficient (Wildman–Crippen LogP) is 2.27. The maximum atomic E-state index is 12.4. The van der Waals surface area contributed by atoms with Gasteiger partial charge in [-0.05, 0) is 12.1 Å². The lowest BCUT2D eigenvalue weighted by Crippen LogP contribution is -2.36. The average molecular weight is 396 g/mol. The van der Waals surface area contributed by atoms with Crippen molar-refractivity contribution in [2.75, 3.05) is 31.2 Å². The van der Waals surface area contributed by atoms with E-state index in [1.54, 1.807) is 18.2 Å². The van der Waals surface area contributed by atoms with Crippen molar-refractivity contribution in [3.63, 3.8) is 0 Å². The lowest BCUT2D eigenvalue weighted by atomic mass is 10.2. The zero-order valence-corrected chi connectivity index (χ0v) is 15.1. The Balaban J connectivity index is 1.53. The average Bonchev–Trinajstić information content (AvgIpc) is 3.12. The van der Waals surface area contributed by atoms with E-state index in [9.17, 15) is 13.6 Å². The van der Waals surface area contributed by atoms with Crippen LogP contribution < -0.4 is 15.1 Å². The highest BCUT2D eigenvalue weighted by atomic mass is 32.1. The van der Waals surface area contributed by atoms with Crippen LogP contribution in [0.4, 0.5) is 13.9 Å². The van der Waals surface area contributed by atoms with Crippen LogP contribution in [0.3, 0.4) is 0 Å². The van der Waals surface area contributed by atoms with Gasteiger partial charge in [0.25, 0.3) is 0 Å². The number of hydrogen-bond donors (Lipinski definition) is 1. The highest BCUT2D eigenvalue weighted by molar-refractivity contribution is 7.13. The van der Waals surface area contributed by atoms with Crippen LogP contribution >= 0.6 is 11.3 Å². The van der Waals surface area contributed by atoms with Gasteiger partial charge < -0.3 is 14.4 Å². The third-order valence-electron chi connectivity index (χ3n) is 3.69. The first kappa shape index (κ1) is 19.2. The van der Waals surface area contributed by atoms with Crippen LogP contribution in [0.25, 0.3) is 0 Å². The Morgan fingerprint density at radius 1 is 1.41 bits per heavy atom. The second kappa shape index (κ2) is 9.38. The van der Waals surface area contributed by atoms with E-state index in [1.807, 2.05) is 5.38 Å². The summed E-state index contributed by atoms with van der Waals surface area (Å²) in [5.74, 6) is -0.363. The highest BCUT2D eigenvalue weighted by Crippen LogP contribution is 2.21. The number of carbonyl (C=O) groups is 1. The monoisotopic (exact) mass is 396 g/mol. The Kier molecular flexibility index (Phi) is 6.66. The van der Waals surface area contributed by atoms with Crippen molar-refractivity contribution in [3.05, 3.63) is 40.9 Å². The zero-order valence-electron chi connectivity index (χ0n) is 14.3. The maximum Gasteiger partial charge on any atom is 0.387 e. The van der Waals surface area contributed by atoms with Crippen molar-refractivity contribution in [1.29, 1.82) is 0 Å². The fourth-order valence-corrected chi connectivity index (χ4v) is 3.32. The number of hydrazone groups is 1. The van der Waals surface area contributed by atoms with Gasteiger partial charge in [0, 0.05) is 24.0 Å². The summed E-state index contributed by atoms with van der Waals surface area (Å²) in [6.45, 7) is -0.0334. The molecular weight excluding hydrogens is 378 g/mol. The van der Waals surface area contributed by atoms with Crippen molar-refractivity contribution in [2.24, 2.45) is 5.10 Å². The van der Waals surface area contributed by atoms with Gasteiger partial charge in [-0.3, -0.25) is 4.79 Å². The number of anilines is 1. The molecule has 1 N–H and O–H groups in total. The minimum absolute atomic E-state index is 0.0137. The van der Waals surface area contributed by atoms with Gasteiger partial charge in [0.1, 0.15) is 5.75 Å². The number of amides is 1. The maximum absolute atomic E-state index is 12.4. The molecule has 1 aliphatic heterocycles. The van der Waals surface area contributed by atoms with E-state index in [-0.39, 0.29) is 18.1 Å². The van der Waals surface area contributed by atoms with Gasteiger partial charge in [-0.15, -0.1) is 11.3 Å². The van der Waals surface area contributed by atoms with Gasteiger partial charge in [0.2, 0.25) is 5.91 Å². The number of aromatic nitrogens is 1. The summed E-state index contributed by atoms with van der Waals surface area (Å²) in [5, 5.41) is 6.50. The van der Waals surface area contributed by atoms with Gasteiger partial charge in [-0.1, -0.05) is 12.1 Å². The van der Waals surface area contributed by atoms with E-state index in [0.717, 1.165) is 18.2 Å².